The molecular weight excluding hydrogens is 358 g/mol. The zero-order valence-corrected chi connectivity index (χ0v) is 15.3. The molecule has 3 aromatic rings. The summed E-state index contributed by atoms with van der Waals surface area (Å²) < 4.78 is 24.5. The summed E-state index contributed by atoms with van der Waals surface area (Å²) in [6, 6.07) is 8.29. The van der Waals surface area contributed by atoms with E-state index in [1.54, 1.807) is 11.3 Å². The number of nitrogens with zero attached hydrogens (tertiary/aromatic N) is 2. The fraction of sp³-hybridized carbons (Fsp3) is 0.294. The van der Waals surface area contributed by atoms with Gasteiger partial charge in [0.15, 0.2) is 0 Å². The fourth-order valence-corrected chi connectivity index (χ4v) is 4.67. The molecule has 0 fully saturated rings. The second kappa shape index (κ2) is 6.05. The monoisotopic (exact) mass is 375 g/mol. The van der Waals surface area contributed by atoms with Crippen molar-refractivity contribution in [1.82, 2.24) is 14.9 Å². The van der Waals surface area contributed by atoms with Gasteiger partial charge in [0, 0.05) is 37.0 Å². The molecule has 0 bridgehead atoms. The summed E-state index contributed by atoms with van der Waals surface area (Å²) >= 11 is 1.72. The van der Waals surface area contributed by atoms with E-state index < -0.39 is 9.84 Å². The Morgan fingerprint density at radius 2 is 2.12 bits per heavy atom. The van der Waals surface area contributed by atoms with Crippen molar-refractivity contribution in [3.05, 3.63) is 56.8 Å². The van der Waals surface area contributed by atoms with Crippen LogP contribution in [0.4, 0.5) is 0 Å². The van der Waals surface area contributed by atoms with E-state index in [0.717, 1.165) is 19.3 Å². The predicted molar refractivity (Wildman–Crippen MR) is 97.6 cm³/mol. The van der Waals surface area contributed by atoms with Crippen LogP contribution in [0.2, 0.25) is 0 Å². The number of aromatic nitrogens is 2. The first kappa shape index (κ1) is 16.4. The first-order valence-electron chi connectivity index (χ1n) is 7.91. The molecule has 0 spiro atoms. The Morgan fingerprint density at radius 1 is 1.32 bits per heavy atom. The standard InChI is InChI=1S/C17H17N3O3S2/c1-25(22,23)17-18-14-6-7-20(9-13(14)16(21)19-17)8-11-10-24-15-5-3-2-4-12(11)15/h2-5,10H,6-9H2,1H3,(H,18,19,21). The summed E-state index contributed by atoms with van der Waals surface area (Å²) in [7, 11) is -3.52. The number of H-pyrrole nitrogens is 1. The van der Waals surface area contributed by atoms with Crippen LogP contribution in [0, 0.1) is 0 Å². The third kappa shape index (κ3) is 3.12. The lowest BCUT2D eigenvalue weighted by molar-refractivity contribution is 0.242. The van der Waals surface area contributed by atoms with Crippen molar-refractivity contribution in [3.8, 4) is 0 Å². The Hall–Kier alpha value is -2.03. The minimum Gasteiger partial charge on any atom is -0.297 e. The summed E-state index contributed by atoms with van der Waals surface area (Å²) in [6.45, 7) is 1.99. The molecule has 1 aliphatic rings. The molecule has 1 aliphatic heterocycles. The van der Waals surface area contributed by atoms with E-state index in [0.29, 0.717) is 24.2 Å². The van der Waals surface area contributed by atoms with Crippen molar-refractivity contribution < 1.29 is 8.42 Å². The van der Waals surface area contributed by atoms with E-state index >= 15 is 0 Å². The van der Waals surface area contributed by atoms with Crippen molar-refractivity contribution in [1.29, 1.82) is 0 Å². The molecule has 0 amide bonds. The average molecular weight is 375 g/mol. The molecule has 0 saturated carbocycles. The lowest BCUT2D eigenvalue weighted by Gasteiger charge is -2.27. The van der Waals surface area contributed by atoms with Crippen molar-refractivity contribution in [2.75, 3.05) is 12.8 Å². The second-order valence-electron chi connectivity index (χ2n) is 6.29. The summed E-state index contributed by atoms with van der Waals surface area (Å²) in [5.74, 6) is 0. The number of benzene rings is 1. The Labute approximate surface area is 149 Å². The number of nitrogens with one attached hydrogen (secondary N) is 1. The molecule has 25 heavy (non-hydrogen) atoms. The van der Waals surface area contributed by atoms with Gasteiger partial charge in [0.1, 0.15) is 0 Å². The molecule has 0 aliphatic carbocycles. The number of hydrogen-bond donors (Lipinski definition) is 1. The smallest absolute Gasteiger partial charge is 0.256 e. The average Bonchev–Trinajstić information content (AvgIpc) is 2.98. The van der Waals surface area contributed by atoms with Crippen molar-refractivity contribution in [3.63, 3.8) is 0 Å². The number of hydrogen-bond acceptors (Lipinski definition) is 6. The third-order valence-electron chi connectivity index (χ3n) is 4.43. The first-order chi connectivity index (χ1) is 11.9. The largest absolute Gasteiger partial charge is 0.297 e. The Kier molecular flexibility index (Phi) is 3.98. The highest BCUT2D eigenvalue weighted by Crippen LogP contribution is 2.27. The zero-order chi connectivity index (χ0) is 17.6. The lowest BCUT2D eigenvalue weighted by Crippen LogP contribution is -2.36. The van der Waals surface area contributed by atoms with E-state index in [1.807, 2.05) is 12.1 Å². The Morgan fingerprint density at radius 3 is 2.92 bits per heavy atom. The van der Waals surface area contributed by atoms with Crippen LogP contribution in [-0.4, -0.2) is 36.1 Å². The van der Waals surface area contributed by atoms with Gasteiger partial charge in [0.05, 0.1) is 11.3 Å². The molecule has 3 heterocycles. The molecule has 2 aromatic heterocycles. The lowest BCUT2D eigenvalue weighted by atomic mass is 10.1. The molecular formula is C17H17N3O3S2. The van der Waals surface area contributed by atoms with Crippen LogP contribution in [0.3, 0.4) is 0 Å². The minimum atomic E-state index is -3.52. The summed E-state index contributed by atoms with van der Waals surface area (Å²) in [5.41, 5.74) is 2.06. The van der Waals surface area contributed by atoms with Gasteiger partial charge < -0.3 is 0 Å². The summed E-state index contributed by atoms with van der Waals surface area (Å²) in [5, 5.41) is 3.17. The van der Waals surface area contributed by atoms with Crippen LogP contribution in [0.1, 0.15) is 16.8 Å². The van der Waals surface area contributed by atoms with Crippen molar-refractivity contribution in [2.45, 2.75) is 24.7 Å². The second-order valence-corrected chi connectivity index (χ2v) is 9.13. The topological polar surface area (TPSA) is 83.1 Å². The number of sulfone groups is 1. The van der Waals surface area contributed by atoms with Crippen molar-refractivity contribution in [2.24, 2.45) is 0 Å². The Balaban J connectivity index is 1.62. The SMILES string of the molecule is CS(=O)(=O)c1nc2c(c(=O)[nH]1)CN(Cc1csc3ccccc13)CC2. The first-order valence-corrected chi connectivity index (χ1v) is 10.7. The van der Waals surface area contributed by atoms with Gasteiger partial charge >= 0.3 is 0 Å². The normalized spacial score (nSPS) is 15.4. The quantitative estimate of drug-likeness (QED) is 0.708. The molecule has 0 atom stereocenters. The van der Waals surface area contributed by atoms with Gasteiger partial charge in [0.2, 0.25) is 15.0 Å². The molecule has 1 aromatic carbocycles. The summed E-state index contributed by atoms with van der Waals surface area (Å²) in [6.07, 6.45) is 1.62. The van der Waals surface area contributed by atoms with Gasteiger partial charge in [0.25, 0.3) is 5.56 Å². The molecule has 1 N–H and O–H groups in total. The highest BCUT2D eigenvalue weighted by atomic mass is 32.2. The zero-order valence-electron chi connectivity index (χ0n) is 13.7. The summed E-state index contributed by atoms with van der Waals surface area (Å²) in [4.78, 5) is 21.1. The molecule has 4 rings (SSSR count). The van der Waals surface area contributed by atoms with E-state index in [-0.39, 0.29) is 10.7 Å². The molecule has 6 nitrogen and oxygen atoms in total. The van der Waals surface area contributed by atoms with Gasteiger partial charge in [-0.15, -0.1) is 11.3 Å². The maximum absolute atomic E-state index is 12.3. The van der Waals surface area contributed by atoms with Crippen LogP contribution in [0.5, 0.6) is 0 Å². The molecule has 130 valence electrons. The highest BCUT2D eigenvalue weighted by Gasteiger charge is 2.24. The van der Waals surface area contributed by atoms with E-state index in [2.05, 4.69) is 32.4 Å². The number of aromatic amines is 1. The molecule has 0 unspecified atom stereocenters. The number of fused-ring (bicyclic) bond motifs is 2. The minimum absolute atomic E-state index is 0.242. The fourth-order valence-electron chi connectivity index (χ4n) is 3.16. The van der Waals surface area contributed by atoms with Crippen LogP contribution >= 0.6 is 11.3 Å². The van der Waals surface area contributed by atoms with Crippen LogP contribution in [-0.2, 0) is 29.3 Å². The van der Waals surface area contributed by atoms with Crippen molar-refractivity contribution >= 4 is 31.3 Å². The van der Waals surface area contributed by atoms with Gasteiger partial charge in [-0.25, -0.2) is 13.4 Å². The van der Waals surface area contributed by atoms with Gasteiger partial charge in [-0.2, -0.15) is 0 Å². The van der Waals surface area contributed by atoms with E-state index in [1.165, 1.54) is 15.6 Å². The Bertz CT molecular complexity index is 1120. The predicted octanol–water partition coefficient (Wildman–Crippen LogP) is 1.95. The van der Waals surface area contributed by atoms with E-state index in [9.17, 15) is 13.2 Å². The van der Waals surface area contributed by atoms with Gasteiger partial charge in [-0.3, -0.25) is 14.7 Å². The highest BCUT2D eigenvalue weighted by molar-refractivity contribution is 7.90. The van der Waals surface area contributed by atoms with Gasteiger partial charge in [-0.05, 0) is 22.4 Å². The van der Waals surface area contributed by atoms with Crippen LogP contribution in [0.25, 0.3) is 10.1 Å². The maximum atomic E-state index is 12.3. The third-order valence-corrected chi connectivity index (χ3v) is 6.34. The van der Waals surface area contributed by atoms with Crippen LogP contribution < -0.4 is 5.56 Å². The van der Waals surface area contributed by atoms with E-state index in [4.69, 9.17) is 0 Å². The molecule has 0 saturated heterocycles. The molecule has 8 heteroatoms. The number of thiophene rings is 1. The van der Waals surface area contributed by atoms with Crippen LogP contribution in [0.15, 0.2) is 39.6 Å². The number of rotatable bonds is 3. The van der Waals surface area contributed by atoms with Gasteiger partial charge in [-0.1, -0.05) is 18.2 Å². The maximum Gasteiger partial charge on any atom is 0.256 e. The molecule has 0 radical (unpaired) electrons.